The van der Waals surface area contributed by atoms with Gasteiger partial charge in [0, 0.05) is 12.8 Å². The Morgan fingerprint density at radius 1 is 1.39 bits per heavy atom. The number of H-pyrrole nitrogens is 1. The molecule has 0 atom stereocenters. The first kappa shape index (κ1) is 11.6. The molecule has 1 fully saturated rings. The molecule has 18 heavy (non-hydrogen) atoms. The summed E-state index contributed by atoms with van der Waals surface area (Å²) in [5.41, 5.74) is 2.86. The molecule has 1 saturated carbocycles. The number of benzene rings is 1. The van der Waals surface area contributed by atoms with Gasteiger partial charge in [0.1, 0.15) is 5.82 Å². The van der Waals surface area contributed by atoms with Crippen LogP contribution < -0.4 is 0 Å². The second-order valence-corrected chi connectivity index (χ2v) is 5.11. The van der Waals surface area contributed by atoms with Gasteiger partial charge in [0.15, 0.2) is 0 Å². The van der Waals surface area contributed by atoms with Crippen LogP contribution in [0.4, 0.5) is 8.78 Å². The van der Waals surface area contributed by atoms with Crippen molar-refractivity contribution in [3.8, 4) is 0 Å². The van der Waals surface area contributed by atoms with Crippen molar-refractivity contribution >= 4 is 11.0 Å². The summed E-state index contributed by atoms with van der Waals surface area (Å²) in [5.74, 6) is -1.46. The highest BCUT2D eigenvalue weighted by Crippen LogP contribution is 2.42. The Bertz CT molecular complexity index is 564. The summed E-state index contributed by atoms with van der Waals surface area (Å²) in [4.78, 5) is 7.63. The van der Waals surface area contributed by atoms with Crippen LogP contribution in [-0.4, -0.2) is 15.9 Å². The Morgan fingerprint density at radius 2 is 2.11 bits per heavy atom. The van der Waals surface area contributed by atoms with E-state index in [1.165, 1.54) is 0 Å². The maximum absolute atomic E-state index is 13.2. The number of halogens is 2. The van der Waals surface area contributed by atoms with E-state index in [9.17, 15) is 8.78 Å². The van der Waals surface area contributed by atoms with E-state index >= 15 is 0 Å². The summed E-state index contributed by atoms with van der Waals surface area (Å²) in [6, 6.07) is 6.97. The maximum atomic E-state index is 13.2. The van der Waals surface area contributed by atoms with E-state index in [0.29, 0.717) is 12.8 Å². The molecule has 4 heteroatoms. The van der Waals surface area contributed by atoms with Gasteiger partial charge in [-0.3, -0.25) is 0 Å². The molecular formula is C14H15F2N2. The van der Waals surface area contributed by atoms with Crippen LogP contribution in [0.25, 0.3) is 11.0 Å². The van der Waals surface area contributed by atoms with Gasteiger partial charge in [0.25, 0.3) is 0 Å². The minimum Gasteiger partial charge on any atom is -0.342 e. The van der Waals surface area contributed by atoms with Crippen LogP contribution in [-0.2, 0) is 0 Å². The summed E-state index contributed by atoms with van der Waals surface area (Å²) in [6.45, 7) is 1.90. The highest BCUT2D eigenvalue weighted by Gasteiger charge is 2.36. The molecule has 0 aliphatic heterocycles. The summed E-state index contributed by atoms with van der Waals surface area (Å²) in [5, 5.41) is 0. The zero-order valence-electron chi connectivity index (χ0n) is 10.3. The third kappa shape index (κ3) is 2.00. The fraction of sp³-hybridized carbons (Fsp3) is 0.500. The topological polar surface area (TPSA) is 28.7 Å². The zero-order valence-corrected chi connectivity index (χ0v) is 10.3. The first-order chi connectivity index (χ1) is 8.55. The van der Waals surface area contributed by atoms with E-state index in [2.05, 4.69) is 16.0 Å². The number of hydrogen-bond acceptors (Lipinski definition) is 1. The average Bonchev–Trinajstić information content (AvgIpc) is 2.69. The monoisotopic (exact) mass is 249 g/mol. The molecule has 0 amide bonds. The number of alkyl halides is 2. The van der Waals surface area contributed by atoms with Gasteiger partial charge in [-0.1, -0.05) is 6.07 Å². The van der Waals surface area contributed by atoms with Crippen molar-refractivity contribution in [2.24, 2.45) is 0 Å². The largest absolute Gasteiger partial charge is 0.342 e. The minimum absolute atomic E-state index is 0.0225. The van der Waals surface area contributed by atoms with E-state index in [-0.39, 0.29) is 18.8 Å². The smallest absolute Gasteiger partial charge is 0.248 e. The lowest BCUT2D eigenvalue weighted by atomic mass is 9.82. The van der Waals surface area contributed by atoms with Crippen molar-refractivity contribution in [1.29, 1.82) is 0 Å². The fourth-order valence-electron chi connectivity index (χ4n) is 2.76. The van der Waals surface area contributed by atoms with Gasteiger partial charge in [-0.2, -0.15) is 0 Å². The first-order valence-electron chi connectivity index (χ1n) is 6.30. The van der Waals surface area contributed by atoms with E-state index in [1.54, 1.807) is 0 Å². The SMILES string of the molecule is Cc1nc2c(C3CCC(F)(F)CC3)[c]ccc2[nH]1. The standard InChI is InChI=1S/C14H15F2N2/c1-9-17-12-4-2-3-11(13(12)18-9)10-5-7-14(15,16)8-6-10/h2,4,10H,5-8H2,1H3,(H,17,18). The lowest BCUT2D eigenvalue weighted by molar-refractivity contribution is -0.0381. The van der Waals surface area contributed by atoms with Gasteiger partial charge in [-0.25, -0.2) is 13.8 Å². The molecule has 0 saturated heterocycles. The van der Waals surface area contributed by atoms with Crippen molar-refractivity contribution < 1.29 is 8.78 Å². The number of rotatable bonds is 1. The van der Waals surface area contributed by atoms with Gasteiger partial charge in [0.2, 0.25) is 5.92 Å². The van der Waals surface area contributed by atoms with Gasteiger partial charge in [-0.15, -0.1) is 0 Å². The Balaban J connectivity index is 1.95. The number of imidazole rings is 1. The lowest BCUT2D eigenvalue weighted by Crippen LogP contribution is -2.23. The highest BCUT2D eigenvalue weighted by molar-refractivity contribution is 5.79. The number of aromatic amines is 1. The quantitative estimate of drug-likeness (QED) is 0.814. The van der Waals surface area contributed by atoms with Crippen molar-refractivity contribution in [2.45, 2.75) is 44.4 Å². The summed E-state index contributed by atoms with van der Waals surface area (Å²) in [6.07, 6.45) is 1.000. The maximum Gasteiger partial charge on any atom is 0.248 e. The Morgan fingerprint density at radius 3 is 2.83 bits per heavy atom. The molecule has 1 aliphatic carbocycles. The normalized spacial score (nSPS) is 20.4. The molecule has 0 unspecified atom stereocenters. The molecule has 95 valence electrons. The molecular weight excluding hydrogens is 234 g/mol. The molecule has 1 N–H and O–H groups in total. The van der Waals surface area contributed by atoms with E-state index in [1.807, 2.05) is 19.1 Å². The van der Waals surface area contributed by atoms with E-state index in [4.69, 9.17) is 0 Å². The molecule has 0 spiro atoms. The molecule has 3 rings (SSSR count). The van der Waals surface area contributed by atoms with Gasteiger partial charge >= 0.3 is 0 Å². The van der Waals surface area contributed by atoms with Gasteiger partial charge in [-0.05, 0) is 43.4 Å². The molecule has 1 aromatic heterocycles. The number of fused-ring (bicyclic) bond motifs is 1. The van der Waals surface area contributed by atoms with Crippen LogP contribution in [0, 0.1) is 13.0 Å². The third-order valence-corrected chi connectivity index (χ3v) is 3.72. The number of aryl methyl sites for hydroxylation is 1. The molecule has 0 bridgehead atoms. The Labute approximate surface area is 104 Å². The third-order valence-electron chi connectivity index (χ3n) is 3.72. The van der Waals surface area contributed by atoms with E-state index < -0.39 is 5.92 Å². The fourth-order valence-corrected chi connectivity index (χ4v) is 2.76. The zero-order chi connectivity index (χ0) is 12.8. The molecule has 1 aliphatic rings. The first-order valence-corrected chi connectivity index (χ1v) is 6.30. The number of nitrogens with one attached hydrogen (secondary N) is 1. The second kappa shape index (κ2) is 4.04. The average molecular weight is 249 g/mol. The molecule has 2 nitrogen and oxygen atoms in total. The van der Waals surface area contributed by atoms with Gasteiger partial charge in [0.05, 0.1) is 11.0 Å². The second-order valence-electron chi connectivity index (χ2n) is 5.11. The van der Waals surface area contributed by atoms with Crippen LogP contribution in [0.1, 0.15) is 43.0 Å². The Hall–Kier alpha value is -1.45. The van der Waals surface area contributed by atoms with Crippen LogP contribution in [0.3, 0.4) is 0 Å². The van der Waals surface area contributed by atoms with Crippen LogP contribution in [0.5, 0.6) is 0 Å². The molecule has 2 aromatic rings. The van der Waals surface area contributed by atoms with Crippen molar-refractivity contribution in [3.05, 3.63) is 29.6 Å². The summed E-state index contributed by atoms with van der Waals surface area (Å²) in [7, 11) is 0. The number of hydrogen-bond donors (Lipinski definition) is 1. The van der Waals surface area contributed by atoms with Crippen molar-refractivity contribution in [1.82, 2.24) is 9.97 Å². The minimum atomic E-state index is -2.48. The summed E-state index contributed by atoms with van der Waals surface area (Å²) >= 11 is 0. The van der Waals surface area contributed by atoms with Crippen LogP contribution >= 0.6 is 0 Å². The van der Waals surface area contributed by atoms with Gasteiger partial charge < -0.3 is 4.98 Å². The number of aromatic nitrogens is 2. The van der Waals surface area contributed by atoms with Crippen LogP contribution in [0.15, 0.2) is 12.1 Å². The predicted molar refractivity (Wildman–Crippen MR) is 65.8 cm³/mol. The number of nitrogens with zero attached hydrogens (tertiary/aromatic N) is 1. The highest BCUT2D eigenvalue weighted by atomic mass is 19.3. The Kier molecular flexibility index (Phi) is 2.61. The van der Waals surface area contributed by atoms with E-state index in [0.717, 1.165) is 22.4 Å². The molecule has 1 aromatic carbocycles. The van der Waals surface area contributed by atoms with Crippen molar-refractivity contribution in [3.63, 3.8) is 0 Å². The van der Waals surface area contributed by atoms with Crippen LogP contribution in [0.2, 0.25) is 0 Å². The predicted octanol–water partition coefficient (Wildman–Crippen LogP) is 3.96. The summed E-state index contributed by atoms with van der Waals surface area (Å²) < 4.78 is 26.4. The van der Waals surface area contributed by atoms with Crippen molar-refractivity contribution in [2.75, 3.05) is 0 Å². The lowest BCUT2D eigenvalue weighted by Gasteiger charge is -2.28. The molecule has 1 heterocycles. The molecule has 1 radical (unpaired) electrons.